The van der Waals surface area contributed by atoms with Crippen molar-refractivity contribution >= 4 is 30.6 Å². The summed E-state index contributed by atoms with van der Waals surface area (Å²) < 4.78 is 12.2. The zero-order valence-corrected chi connectivity index (χ0v) is 26.2. The van der Waals surface area contributed by atoms with Gasteiger partial charge in [-0.25, -0.2) is 0 Å². The molecular weight excluding hydrogens is 591 g/mol. The van der Waals surface area contributed by atoms with Gasteiger partial charge in [-0.3, -0.25) is 0 Å². The minimum absolute atomic E-state index is 0.355. The van der Waals surface area contributed by atoms with Crippen LogP contribution in [0.25, 0.3) is 11.1 Å². The van der Waals surface area contributed by atoms with Crippen molar-refractivity contribution in [2.45, 2.75) is 11.7 Å². The summed E-state index contributed by atoms with van der Waals surface area (Å²) in [5.74, 6) is 8.57. The van der Waals surface area contributed by atoms with Crippen LogP contribution in [0.1, 0.15) is 28.7 Å². The summed E-state index contributed by atoms with van der Waals surface area (Å²) in [6, 6.07) is 48.3. The van der Waals surface area contributed by atoms with Gasteiger partial charge in [-0.15, -0.1) is 0 Å². The van der Waals surface area contributed by atoms with Crippen LogP contribution in [0, 0.1) is 11.8 Å². The standard InChI is InChI=1S/C40H34O2Se/c1-41-37-24-19-31(20-25-37)18-21-35(32-22-26-38(42-2)27-23-32)30-36(28-29-43-39-16-10-5-11-17-39)40(33-12-6-3-7-13-33)34-14-8-4-9-15-34/h3-17,19-20,22-27,30H,28-29H2,1-2H3/b35-30-. The summed E-state index contributed by atoms with van der Waals surface area (Å²) in [5.41, 5.74) is 7.85. The maximum absolute atomic E-state index is 5.46. The van der Waals surface area contributed by atoms with Crippen molar-refractivity contribution in [2.75, 3.05) is 14.2 Å². The molecule has 0 spiro atoms. The van der Waals surface area contributed by atoms with Crippen LogP contribution < -0.4 is 13.9 Å². The van der Waals surface area contributed by atoms with Crippen molar-refractivity contribution < 1.29 is 9.47 Å². The molecule has 0 N–H and O–H groups in total. The first-order valence-corrected chi connectivity index (χ1v) is 16.3. The monoisotopic (exact) mass is 626 g/mol. The molecule has 0 saturated carbocycles. The molecule has 0 unspecified atom stereocenters. The Morgan fingerprint density at radius 2 is 1.12 bits per heavy atom. The SMILES string of the molecule is COc1ccc(C#C/C(=C/C(CC[Se]c2ccccc2)=C(c2ccccc2)c2ccccc2)c2ccc(OC)cc2)cc1. The molecule has 0 bridgehead atoms. The number of benzene rings is 5. The Bertz CT molecular complexity index is 1670. The number of allylic oxidation sites excluding steroid dienone is 3. The van der Waals surface area contributed by atoms with Gasteiger partial charge in [0.1, 0.15) is 0 Å². The molecule has 0 aromatic heterocycles. The second-order valence-corrected chi connectivity index (χ2v) is 12.3. The van der Waals surface area contributed by atoms with E-state index in [2.05, 4.69) is 121 Å². The number of hydrogen-bond acceptors (Lipinski definition) is 2. The molecule has 2 nitrogen and oxygen atoms in total. The van der Waals surface area contributed by atoms with Gasteiger partial charge in [0.2, 0.25) is 0 Å². The van der Waals surface area contributed by atoms with E-state index in [0.717, 1.165) is 39.9 Å². The summed E-state index contributed by atoms with van der Waals surface area (Å²) in [6.07, 6.45) is 3.23. The van der Waals surface area contributed by atoms with Crippen LogP contribution in [0.15, 0.2) is 151 Å². The molecule has 0 radical (unpaired) electrons. The molecule has 0 aliphatic rings. The fourth-order valence-electron chi connectivity index (χ4n) is 4.76. The first kappa shape index (κ1) is 29.7. The van der Waals surface area contributed by atoms with Gasteiger partial charge in [-0.05, 0) is 0 Å². The van der Waals surface area contributed by atoms with Crippen LogP contribution in [0.5, 0.6) is 11.5 Å². The molecule has 5 aromatic carbocycles. The van der Waals surface area contributed by atoms with Gasteiger partial charge in [0.05, 0.1) is 7.11 Å². The molecule has 5 rings (SSSR count). The Hall–Kier alpha value is -4.74. The molecule has 0 aliphatic heterocycles. The fraction of sp³-hybridized carbons (Fsp3) is 0.100. The van der Waals surface area contributed by atoms with E-state index in [4.69, 9.17) is 9.47 Å². The minimum atomic E-state index is 0.355. The van der Waals surface area contributed by atoms with Crippen LogP contribution in [-0.2, 0) is 0 Å². The van der Waals surface area contributed by atoms with Crippen molar-refractivity contribution in [1.82, 2.24) is 0 Å². The van der Waals surface area contributed by atoms with E-state index < -0.39 is 0 Å². The molecule has 43 heavy (non-hydrogen) atoms. The van der Waals surface area contributed by atoms with E-state index in [-0.39, 0.29) is 0 Å². The fourth-order valence-corrected chi connectivity index (χ4v) is 6.67. The molecule has 0 heterocycles. The van der Waals surface area contributed by atoms with Crippen molar-refractivity contribution in [3.63, 3.8) is 0 Å². The number of ether oxygens (including phenoxy) is 2. The molecule has 5 aromatic rings. The Morgan fingerprint density at radius 3 is 1.65 bits per heavy atom. The number of rotatable bonds is 10. The maximum atomic E-state index is 5.46. The summed E-state index contributed by atoms with van der Waals surface area (Å²) >= 11 is 0.355. The summed E-state index contributed by atoms with van der Waals surface area (Å²) in [7, 11) is 3.37. The van der Waals surface area contributed by atoms with Gasteiger partial charge in [0, 0.05) is 0 Å². The van der Waals surface area contributed by atoms with E-state index >= 15 is 0 Å². The van der Waals surface area contributed by atoms with Crippen LogP contribution in [0.2, 0.25) is 5.32 Å². The van der Waals surface area contributed by atoms with Gasteiger partial charge in [0.15, 0.2) is 0 Å². The Morgan fingerprint density at radius 1 is 0.605 bits per heavy atom. The van der Waals surface area contributed by atoms with Crippen LogP contribution in [0.4, 0.5) is 0 Å². The van der Waals surface area contributed by atoms with Gasteiger partial charge in [-0.2, -0.15) is 0 Å². The molecule has 0 saturated heterocycles. The van der Waals surface area contributed by atoms with Crippen molar-refractivity contribution in [3.05, 3.63) is 173 Å². The van der Waals surface area contributed by atoms with Crippen molar-refractivity contribution in [3.8, 4) is 23.3 Å². The van der Waals surface area contributed by atoms with Crippen molar-refractivity contribution in [1.29, 1.82) is 0 Å². The quantitative estimate of drug-likeness (QED) is 0.0881. The van der Waals surface area contributed by atoms with Gasteiger partial charge in [-0.1, -0.05) is 0 Å². The third kappa shape index (κ3) is 8.40. The van der Waals surface area contributed by atoms with E-state index in [1.54, 1.807) is 14.2 Å². The van der Waals surface area contributed by atoms with E-state index in [1.165, 1.54) is 26.7 Å². The molecule has 212 valence electrons. The second kappa shape index (κ2) is 15.5. The van der Waals surface area contributed by atoms with E-state index in [0.29, 0.717) is 15.0 Å². The predicted octanol–water partition coefficient (Wildman–Crippen LogP) is 8.48. The van der Waals surface area contributed by atoms with Crippen LogP contribution in [0.3, 0.4) is 0 Å². The summed E-state index contributed by atoms with van der Waals surface area (Å²) in [6.45, 7) is 0. The van der Waals surface area contributed by atoms with Gasteiger partial charge >= 0.3 is 256 Å². The second-order valence-electron chi connectivity index (χ2n) is 9.81. The summed E-state index contributed by atoms with van der Waals surface area (Å²) in [5, 5.41) is 1.08. The Kier molecular flexibility index (Phi) is 10.7. The number of methoxy groups -OCH3 is 2. The molecule has 3 heteroatoms. The van der Waals surface area contributed by atoms with E-state index in [9.17, 15) is 0 Å². The van der Waals surface area contributed by atoms with Gasteiger partial charge in [0.25, 0.3) is 0 Å². The third-order valence-electron chi connectivity index (χ3n) is 6.98. The zero-order chi connectivity index (χ0) is 29.7. The van der Waals surface area contributed by atoms with Crippen LogP contribution in [-0.4, -0.2) is 29.2 Å². The summed E-state index contributed by atoms with van der Waals surface area (Å²) in [4.78, 5) is 0. The average Bonchev–Trinajstić information content (AvgIpc) is 3.08. The first-order chi connectivity index (χ1) is 21.2. The first-order valence-electron chi connectivity index (χ1n) is 14.3. The Labute approximate surface area is 261 Å². The predicted molar refractivity (Wildman–Crippen MR) is 181 cm³/mol. The van der Waals surface area contributed by atoms with Crippen LogP contribution >= 0.6 is 0 Å². The van der Waals surface area contributed by atoms with E-state index in [1.807, 2.05) is 36.4 Å². The molecule has 0 aliphatic carbocycles. The normalized spacial score (nSPS) is 10.8. The van der Waals surface area contributed by atoms with Gasteiger partial charge < -0.3 is 0 Å². The Balaban J connectivity index is 1.66. The molecule has 0 atom stereocenters. The zero-order valence-electron chi connectivity index (χ0n) is 24.5. The third-order valence-corrected chi connectivity index (χ3v) is 9.11. The molecule has 0 amide bonds. The molecule has 0 fully saturated rings. The average molecular weight is 626 g/mol. The topological polar surface area (TPSA) is 18.5 Å². The number of hydrogen-bond donors (Lipinski definition) is 0. The van der Waals surface area contributed by atoms with Crippen molar-refractivity contribution in [2.24, 2.45) is 0 Å². The molecular formula is C40H34O2Se.